The van der Waals surface area contributed by atoms with Crippen molar-refractivity contribution in [1.82, 2.24) is 0 Å². The Morgan fingerprint density at radius 1 is 1.48 bits per heavy atom. The number of rotatable bonds is 4. The molecule has 0 saturated heterocycles. The lowest BCUT2D eigenvalue weighted by atomic mass is 9.85. The number of halogens is 1. The zero-order chi connectivity index (χ0) is 15.4. The molecule has 1 aliphatic carbocycles. The van der Waals surface area contributed by atoms with Crippen molar-refractivity contribution in [3.8, 4) is 0 Å². The summed E-state index contributed by atoms with van der Waals surface area (Å²) >= 11 is 0. The predicted octanol–water partition coefficient (Wildman–Crippen LogP) is 3.86. The number of benzene rings is 1. The van der Waals surface area contributed by atoms with Gasteiger partial charge in [0.25, 0.3) is 0 Å². The second kappa shape index (κ2) is 6.65. The van der Waals surface area contributed by atoms with Crippen molar-refractivity contribution in [3.63, 3.8) is 0 Å². The van der Waals surface area contributed by atoms with Gasteiger partial charge in [-0.3, -0.25) is 10.1 Å². The summed E-state index contributed by atoms with van der Waals surface area (Å²) < 4.78 is 18.9. The zero-order valence-electron chi connectivity index (χ0n) is 11.9. The van der Waals surface area contributed by atoms with Crippen LogP contribution in [0.15, 0.2) is 18.2 Å². The summed E-state index contributed by atoms with van der Waals surface area (Å²) in [7, 11) is 0. The quantitative estimate of drug-likeness (QED) is 0.480. The second-order valence-electron chi connectivity index (χ2n) is 5.39. The minimum absolute atomic E-state index is 0.0109. The van der Waals surface area contributed by atoms with Gasteiger partial charge in [0.2, 0.25) is 5.82 Å². The van der Waals surface area contributed by atoms with Gasteiger partial charge in [0.15, 0.2) is 0 Å². The molecule has 0 spiro atoms. The number of hydrogen-bond acceptors (Lipinski definition) is 4. The third kappa shape index (κ3) is 3.77. The van der Waals surface area contributed by atoms with Gasteiger partial charge in [0, 0.05) is 6.07 Å². The molecule has 114 valence electrons. The molecular formula is C15H18FNO4. The molecule has 5 nitrogen and oxygen atoms in total. The Morgan fingerprint density at radius 3 is 2.86 bits per heavy atom. The zero-order valence-corrected chi connectivity index (χ0v) is 11.9. The Labute approximate surface area is 122 Å². The van der Waals surface area contributed by atoms with Crippen LogP contribution in [0.25, 0.3) is 0 Å². The Hall–Kier alpha value is -1.98. The van der Waals surface area contributed by atoms with E-state index < -0.39 is 22.4 Å². The van der Waals surface area contributed by atoms with Gasteiger partial charge in [-0.2, -0.15) is 4.39 Å². The molecule has 6 heteroatoms. The molecule has 21 heavy (non-hydrogen) atoms. The van der Waals surface area contributed by atoms with Crippen molar-refractivity contribution in [3.05, 3.63) is 39.7 Å². The van der Waals surface area contributed by atoms with Crippen LogP contribution in [0.4, 0.5) is 10.1 Å². The van der Waals surface area contributed by atoms with Gasteiger partial charge in [-0.15, -0.1) is 0 Å². The fourth-order valence-electron chi connectivity index (χ4n) is 2.72. The maximum atomic E-state index is 13.5. The summed E-state index contributed by atoms with van der Waals surface area (Å²) in [6.45, 7) is 2.11. The highest BCUT2D eigenvalue weighted by atomic mass is 19.1. The summed E-state index contributed by atoms with van der Waals surface area (Å²) in [6, 6.07) is 3.08. The average Bonchev–Trinajstić information content (AvgIpc) is 2.46. The summed E-state index contributed by atoms with van der Waals surface area (Å²) in [5, 5.41) is 10.5. The van der Waals surface area contributed by atoms with E-state index in [1.165, 1.54) is 6.07 Å². The largest absolute Gasteiger partial charge is 0.459 e. The lowest BCUT2D eigenvalue weighted by Gasteiger charge is -2.28. The van der Waals surface area contributed by atoms with Gasteiger partial charge < -0.3 is 4.74 Å². The SMILES string of the molecule is CCC1CCCC(OC(=O)c2ccc([N+](=O)[O-])c(F)c2)C1. The Bertz CT molecular complexity index is 546. The molecule has 0 aromatic heterocycles. The van der Waals surface area contributed by atoms with Gasteiger partial charge in [0.1, 0.15) is 6.10 Å². The number of ether oxygens (including phenoxy) is 1. The highest BCUT2D eigenvalue weighted by molar-refractivity contribution is 5.89. The van der Waals surface area contributed by atoms with E-state index in [-0.39, 0.29) is 11.7 Å². The standard InChI is InChI=1S/C15H18FNO4/c1-2-10-4-3-5-12(8-10)21-15(18)11-6-7-14(17(19)20)13(16)9-11/h6-7,9-10,12H,2-5,8H2,1H3. The van der Waals surface area contributed by atoms with Crippen LogP contribution in [-0.4, -0.2) is 17.0 Å². The topological polar surface area (TPSA) is 69.4 Å². The van der Waals surface area contributed by atoms with Crippen LogP contribution in [-0.2, 0) is 4.74 Å². The molecule has 0 N–H and O–H groups in total. The minimum atomic E-state index is -1.02. The van der Waals surface area contributed by atoms with Crippen LogP contribution in [0.5, 0.6) is 0 Å². The monoisotopic (exact) mass is 295 g/mol. The Kier molecular flexibility index (Phi) is 4.88. The van der Waals surface area contributed by atoms with Gasteiger partial charge in [0.05, 0.1) is 10.5 Å². The molecule has 0 amide bonds. The van der Waals surface area contributed by atoms with Crippen LogP contribution >= 0.6 is 0 Å². The molecule has 0 radical (unpaired) electrons. The fourth-order valence-corrected chi connectivity index (χ4v) is 2.72. The summed E-state index contributed by atoms with van der Waals surface area (Å²) in [6.07, 6.45) is 4.73. The average molecular weight is 295 g/mol. The van der Waals surface area contributed by atoms with E-state index in [4.69, 9.17) is 4.74 Å². The van der Waals surface area contributed by atoms with E-state index >= 15 is 0 Å². The van der Waals surface area contributed by atoms with Crippen molar-refractivity contribution in [2.24, 2.45) is 5.92 Å². The Morgan fingerprint density at radius 2 is 2.24 bits per heavy atom. The first-order chi connectivity index (χ1) is 10.0. The van der Waals surface area contributed by atoms with E-state index in [9.17, 15) is 19.3 Å². The van der Waals surface area contributed by atoms with Gasteiger partial charge >= 0.3 is 11.7 Å². The smallest absolute Gasteiger partial charge is 0.338 e. The van der Waals surface area contributed by atoms with Crippen molar-refractivity contribution in [2.75, 3.05) is 0 Å². The van der Waals surface area contributed by atoms with Crippen LogP contribution < -0.4 is 0 Å². The fraction of sp³-hybridized carbons (Fsp3) is 0.533. The van der Waals surface area contributed by atoms with Crippen molar-refractivity contribution < 1.29 is 18.8 Å². The molecule has 1 saturated carbocycles. The lowest BCUT2D eigenvalue weighted by molar-refractivity contribution is -0.387. The van der Waals surface area contributed by atoms with E-state index in [1.807, 2.05) is 0 Å². The first-order valence-electron chi connectivity index (χ1n) is 7.16. The molecule has 0 aliphatic heterocycles. The van der Waals surface area contributed by atoms with Gasteiger partial charge in [-0.25, -0.2) is 4.79 Å². The summed E-state index contributed by atoms with van der Waals surface area (Å²) in [5.74, 6) is -1.08. The molecular weight excluding hydrogens is 277 g/mol. The number of nitro benzene ring substituents is 1. The predicted molar refractivity (Wildman–Crippen MR) is 74.5 cm³/mol. The molecule has 2 atom stereocenters. The number of hydrogen-bond donors (Lipinski definition) is 0. The first kappa shape index (κ1) is 15.4. The highest BCUT2D eigenvalue weighted by Gasteiger charge is 2.25. The highest BCUT2D eigenvalue weighted by Crippen LogP contribution is 2.29. The van der Waals surface area contributed by atoms with Crippen molar-refractivity contribution in [2.45, 2.75) is 45.1 Å². The molecule has 1 aromatic carbocycles. The number of nitrogens with zero attached hydrogens (tertiary/aromatic N) is 1. The Balaban J connectivity index is 2.03. The van der Waals surface area contributed by atoms with E-state index in [0.717, 1.165) is 44.2 Å². The normalized spacial score (nSPS) is 21.8. The number of carbonyl (C=O) groups excluding carboxylic acids is 1. The lowest BCUT2D eigenvalue weighted by Crippen LogP contribution is -2.25. The molecule has 2 unspecified atom stereocenters. The van der Waals surface area contributed by atoms with Crippen LogP contribution in [0.2, 0.25) is 0 Å². The molecule has 1 fully saturated rings. The third-order valence-corrected chi connectivity index (χ3v) is 3.97. The van der Waals surface area contributed by atoms with Gasteiger partial charge in [-0.1, -0.05) is 19.8 Å². The second-order valence-corrected chi connectivity index (χ2v) is 5.39. The van der Waals surface area contributed by atoms with Crippen LogP contribution in [0.3, 0.4) is 0 Å². The van der Waals surface area contributed by atoms with Crippen molar-refractivity contribution in [1.29, 1.82) is 0 Å². The van der Waals surface area contributed by atoms with Crippen LogP contribution in [0, 0.1) is 21.8 Å². The van der Waals surface area contributed by atoms with Crippen molar-refractivity contribution >= 4 is 11.7 Å². The van der Waals surface area contributed by atoms with E-state index in [2.05, 4.69) is 6.92 Å². The number of nitro groups is 1. The van der Waals surface area contributed by atoms with E-state index in [1.54, 1.807) is 0 Å². The summed E-state index contributed by atoms with van der Waals surface area (Å²) in [5.41, 5.74) is -0.632. The maximum Gasteiger partial charge on any atom is 0.338 e. The first-order valence-corrected chi connectivity index (χ1v) is 7.16. The summed E-state index contributed by atoms with van der Waals surface area (Å²) in [4.78, 5) is 21.7. The minimum Gasteiger partial charge on any atom is -0.459 e. The van der Waals surface area contributed by atoms with Crippen LogP contribution in [0.1, 0.15) is 49.4 Å². The molecule has 1 aliphatic rings. The van der Waals surface area contributed by atoms with Gasteiger partial charge in [-0.05, 0) is 37.3 Å². The number of esters is 1. The number of carbonyl (C=O) groups is 1. The maximum absolute atomic E-state index is 13.5. The molecule has 2 rings (SSSR count). The molecule has 0 bridgehead atoms. The third-order valence-electron chi connectivity index (χ3n) is 3.97. The van der Waals surface area contributed by atoms with E-state index in [0.29, 0.717) is 5.92 Å². The molecule has 0 heterocycles. The molecule has 1 aromatic rings.